The molecular formula is C21H34O4. The molecule has 0 aromatic heterocycles. The SMILES string of the molecule is CC(=O)[C@@]1(O)CC[C@H]2[C@@H]3C[C@H](O)[C@@H]4C[C@H](O)CC[C@]4(C)[C@H]3CC[C@@]21C. The van der Waals surface area contributed by atoms with Crippen LogP contribution in [0.1, 0.15) is 72.1 Å². The first-order valence-corrected chi connectivity index (χ1v) is 10.2. The van der Waals surface area contributed by atoms with Crippen molar-refractivity contribution in [2.45, 2.75) is 89.9 Å². The van der Waals surface area contributed by atoms with Crippen molar-refractivity contribution in [2.24, 2.45) is 34.5 Å². The van der Waals surface area contributed by atoms with Gasteiger partial charge in [0.1, 0.15) is 5.60 Å². The maximum Gasteiger partial charge on any atom is 0.161 e. The van der Waals surface area contributed by atoms with E-state index in [2.05, 4.69) is 13.8 Å². The second-order valence-electron chi connectivity index (χ2n) is 10.1. The van der Waals surface area contributed by atoms with Crippen molar-refractivity contribution in [2.75, 3.05) is 0 Å². The van der Waals surface area contributed by atoms with E-state index in [1.54, 1.807) is 0 Å². The fourth-order valence-electron chi connectivity index (χ4n) is 7.87. The van der Waals surface area contributed by atoms with Crippen LogP contribution in [0.15, 0.2) is 0 Å². The Kier molecular flexibility index (Phi) is 3.97. The van der Waals surface area contributed by atoms with E-state index in [9.17, 15) is 20.1 Å². The van der Waals surface area contributed by atoms with E-state index in [0.29, 0.717) is 24.2 Å². The van der Waals surface area contributed by atoms with Gasteiger partial charge in [-0.2, -0.15) is 0 Å². The zero-order valence-electron chi connectivity index (χ0n) is 15.9. The molecule has 4 fully saturated rings. The molecule has 0 saturated heterocycles. The van der Waals surface area contributed by atoms with Gasteiger partial charge < -0.3 is 15.3 Å². The van der Waals surface area contributed by atoms with Crippen LogP contribution in [0.2, 0.25) is 0 Å². The van der Waals surface area contributed by atoms with Crippen molar-refractivity contribution in [3.8, 4) is 0 Å². The molecule has 0 aliphatic heterocycles. The van der Waals surface area contributed by atoms with Gasteiger partial charge in [-0.1, -0.05) is 13.8 Å². The zero-order valence-corrected chi connectivity index (χ0v) is 15.9. The molecule has 4 saturated carbocycles. The van der Waals surface area contributed by atoms with Crippen LogP contribution >= 0.6 is 0 Å². The van der Waals surface area contributed by atoms with E-state index in [1.807, 2.05) is 0 Å². The van der Waals surface area contributed by atoms with E-state index in [4.69, 9.17) is 0 Å². The van der Waals surface area contributed by atoms with Crippen molar-refractivity contribution in [3.63, 3.8) is 0 Å². The Hall–Kier alpha value is -0.450. The number of rotatable bonds is 1. The first kappa shape index (κ1) is 17.9. The summed E-state index contributed by atoms with van der Waals surface area (Å²) in [5.74, 6) is 1.35. The topological polar surface area (TPSA) is 77.8 Å². The molecule has 0 unspecified atom stereocenters. The smallest absolute Gasteiger partial charge is 0.161 e. The number of carbonyl (C=O) groups is 1. The number of carbonyl (C=O) groups excluding carboxylic acids is 1. The van der Waals surface area contributed by atoms with Gasteiger partial charge in [-0.25, -0.2) is 0 Å². The summed E-state index contributed by atoms with van der Waals surface area (Å²) in [4.78, 5) is 12.3. The van der Waals surface area contributed by atoms with Crippen LogP contribution in [0.5, 0.6) is 0 Å². The highest BCUT2D eigenvalue weighted by Crippen LogP contribution is 2.68. The van der Waals surface area contributed by atoms with Crippen LogP contribution in [0, 0.1) is 34.5 Å². The Balaban J connectivity index is 1.68. The quantitative estimate of drug-likeness (QED) is 0.679. The van der Waals surface area contributed by atoms with Crippen molar-refractivity contribution in [1.82, 2.24) is 0 Å². The Bertz CT molecular complexity index is 576. The summed E-state index contributed by atoms with van der Waals surface area (Å²) in [7, 11) is 0. The van der Waals surface area contributed by atoms with Crippen molar-refractivity contribution in [1.29, 1.82) is 0 Å². The number of ketones is 1. The van der Waals surface area contributed by atoms with Crippen molar-refractivity contribution in [3.05, 3.63) is 0 Å². The molecule has 4 aliphatic rings. The molecule has 25 heavy (non-hydrogen) atoms. The minimum Gasteiger partial charge on any atom is -0.393 e. The molecule has 4 heteroatoms. The lowest BCUT2D eigenvalue weighted by atomic mass is 9.43. The molecule has 0 heterocycles. The third-order valence-corrected chi connectivity index (χ3v) is 9.39. The molecule has 4 rings (SSSR count). The molecule has 0 bridgehead atoms. The van der Waals surface area contributed by atoms with Crippen molar-refractivity contribution >= 4 is 5.78 Å². The molecule has 0 aromatic carbocycles. The van der Waals surface area contributed by atoms with Gasteiger partial charge in [-0.3, -0.25) is 4.79 Å². The standard InChI is InChI=1S/C21H34O4/c1-12(22)21(25)9-6-16-14-11-18(24)17-10-13(23)4-7-19(17,2)15(14)5-8-20(16,21)3/h13-18,23-25H,4-11H2,1-3H3/t13-,14-,15+,16+,17+,18+,19-,20+,21+/m1/s1. The predicted octanol–water partition coefficient (Wildman–Crippen LogP) is 2.68. The van der Waals surface area contributed by atoms with Crippen molar-refractivity contribution < 1.29 is 20.1 Å². The summed E-state index contributed by atoms with van der Waals surface area (Å²) in [5.41, 5.74) is -1.45. The first-order chi connectivity index (χ1) is 11.6. The fourth-order valence-corrected chi connectivity index (χ4v) is 7.87. The molecule has 0 aromatic rings. The van der Waals surface area contributed by atoms with Crippen LogP contribution in [0.25, 0.3) is 0 Å². The lowest BCUT2D eigenvalue weighted by molar-refractivity contribution is -0.189. The summed E-state index contributed by atoms with van der Waals surface area (Å²) < 4.78 is 0. The van der Waals surface area contributed by atoms with Gasteiger partial charge in [0.15, 0.2) is 5.78 Å². The van der Waals surface area contributed by atoms with Gasteiger partial charge in [0.2, 0.25) is 0 Å². The van der Waals surface area contributed by atoms with E-state index < -0.39 is 5.60 Å². The van der Waals surface area contributed by atoms with Gasteiger partial charge in [0, 0.05) is 5.41 Å². The molecule has 0 spiro atoms. The van der Waals surface area contributed by atoms with Gasteiger partial charge in [0.25, 0.3) is 0 Å². The van der Waals surface area contributed by atoms with Gasteiger partial charge in [-0.15, -0.1) is 0 Å². The number of hydrogen-bond donors (Lipinski definition) is 3. The van der Waals surface area contributed by atoms with Crippen LogP contribution in [0.3, 0.4) is 0 Å². The van der Waals surface area contributed by atoms with E-state index in [0.717, 1.165) is 44.9 Å². The van der Waals surface area contributed by atoms with Crippen LogP contribution < -0.4 is 0 Å². The summed E-state index contributed by atoms with van der Waals surface area (Å²) >= 11 is 0. The van der Waals surface area contributed by atoms with Gasteiger partial charge >= 0.3 is 0 Å². The molecule has 9 atom stereocenters. The van der Waals surface area contributed by atoms with Crippen LogP contribution in [-0.2, 0) is 4.79 Å². The number of Topliss-reactive ketones (excluding diaryl/α,β-unsaturated/α-hetero) is 1. The van der Waals surface area contributed by atoms with Gasteiger partial charge in [-0.05, 0) is 87.4 Å². The number of aliphatic hydroxyl groups is 3. The normalized spacial score (nSPS) is 58.2. The van der Waals surface area contributed by atoms with Crippen LogP contribution in [0.4, 0.5) is 0 Å². The average Bonchev–Trinajstić information content (AvgIpc) is 2.83. The lowest BCUT2D eigenvalue weighted by Crippen LogP contribution is -2.61. The third-order valence-electron chi connectivity index (χ3n) is 9.39. The van der Waals surface area contributed by atoms with Crippen LogP contribution in [-0.4, -0.2) is 38.9 Å². The number of fused-ring (bicyclic) bond motifs is 5. The summed E-state index contributed by atoms with van der Waals surface area (Å²) in [5, 5.41) is 32.2. The second kappa shape index (κ2) is 5.53. The summed E-state index contributed by atoms with van der Waals surface area (Å²) in [6.07, 6.45) is 6.07. The Labute approximate surface area is 151 Å². The molecular weight excluding hydrogens is 316 g/mol. The average molecular weight is 350 g/mol. The predicted molar refractivity (Wildman–Crippen MR) is 94.8 cm³/mol. The maximum atomic E-state index is 12.3. The molecule has 142 valence electrons. The molecule has 0 radical (unpaired) electrons. The highest BCUT2D eigenvalue weighted by Gasteiger charge is 2.67. The monoisotopic (exact) mass is 350 g/mol. The lowest BCUT2D eigenvalue weighted by Gasteiger charge is -2.62. The van der Waals surface area contributed by atoms with E-state index >= 15 is 0 Å². The minimum atomic E-state index is -1.19. The number of aliphatic hydroxyl groups excluding tert-OH is 2. The molecule has 3 N–H and O–H groups in total. The highest BCUT2D eigenvalue weighted by molar-refractivity contribution is 5.86. The van der Waals surface area contributed by atoms with Gasteiger partial charge in [0.05, 0.1) is 12.2 Å². The maximum absolute atomic E-state index is 12.3. The first-order valence-electron chi connectivity index (χ1n) is 10.2. The largest absolute Gasteiger partial charge is 0.393 e. The third kappa shape index (κ3) is 2.20. The molecule has 0 amide bonds. The minimum absolute atomic E-state index is 0.0832. The highest BCUT2D eigenvalue weighted by atomic mass is 16.3. The molecule has 4 aliphatic carbocycles. The number of hydrogen-bond acceptors (Lipinski definition) is 4. The second-order valence-corrected chi connectivity index (χ2v) is 10.1. The Morgan fingerprint density at radius 3 is 2.28 bits per heavy atom. The fraction of sp³-hybridized carbons (Fsp3) is 0.952. The summed E-state index contributed by atoms with van der Waals surface area (Å²) in [6, 6.07) is 0. The summed E-state index contributed by atoms with van der Waals surface area (Å²) in [6.45, 7) is 5.99. The van der Waals surface area contributed by atoms with E-state index in [-0.39, 0.29) is 34.7 Å². The zero-order chi connectivity index (χ0) is 18.2. The molecule has 4 nitrogen and oxygen atoms in total. The Morgan fingerprint density at radius 1 is 0.920 bits per heavy atom. The van der Waals surface area contributed by atoms with E-state index in [1.165, 1.54) is 6.92 Å². The Morgan fingerprint density at radius 2 is 1.60 bits per heavy atom.